The van der Waals surface area contributed by atoms with Gasteiger partial charge in [-0.25, -0.2) is 4.98 Å². The second-order valence-electron chi connectivity index (χ2n) is 5.29. The summed E-state index contributed by atoms with van der Waals surface area (Å²) >= 11 is 0. The van der Waals surface area contributed by atoms with Crippen molar-refractivity contribution in [1.82, 2.24) is 9.97 Å². The number of carbonyl (C=O) groups is 1. The molecule has 20 heavy (non-hydrogen) atoms. The van der Waals surface area contributed by atoms with Crippen LogP contribution in [0.5, 0.6) is 0 Å². The van der Waals surface area contributed by atoms with Crippen LogP contribution in [0.2, 0.25) is 0 Å². The summed E-state index contributed by atoms with van der Waals surface area (Å²) in [6.45, 7) is 6.19. The van der Waals surface area contributed by atoms with E-state index < -0.39 is 0 Å². The molecule has 0 fully saturated rings. The van der Waals surface area contributed by atoms with Crippen molar-refractivity contribution < 1.29 is 9.53 Å². The van der Waals surface area contributed by atoms with Crippen molar-refractivity contribution in [3.05, 3.63) is 42.2 Å². The van der Waals surface area contributed by atoms with Gasteiger partial charge < -0.3 is 9.72 Å². The van der Waals surface area contributed by atoms with E-state index in [1.807, 2.05) is 51.2 Å². The SMILES string of the molecule is CCOC(=O)CC(C)(C)c1c[nH]c(-c2cc[c]cc2)n1. The molecule has 1 aromatic carbocycles. The van der Waals surface area contributed by atoms with Crippen LogP contribution in [0, 0.1) is 6.07 Å². The fourth-order valence-corrected chi connectivity index (χ4v) is 2.02. The van der Waals surface area contributed by atoms with Crippen molar-refractivity contribution in [3.63, 3.8) is 0 Å². The molecule has 0 amide bonds. The number of ether oxygens (including phenoxy) is 1. The van der Waals surface area contributed by atoms with Gasteiger partial charge in [0.15, 0.2) is 0 Å². The average Bonchev–Trinajstić information content (AvgIpc) is 2.90. The molecular weight excluding hydrogens is 252 g/mol. The highest BCUT2D eigenvalue weighted by Crippen LogP contribution is 2.28. The van der Waals surface area contributed by atoms with Crippen LogP contribution >= 0.6 is 0 Å². The monoisotopic (exact) mass is 271 g/mol. The number of imidazole rings is 1. The first-order valence-corrected chi connectivity index (χ1v) is 6.71. The van der Waals surface area contributed by atoms with E-state index in [4.69, 9.17) is 4.74 Å². The van der Waals surface area contributed by atoms with Crippen LogP contribution in [0.1, 0.15) is 32.9 Å². The van der Waals surface area contributed by atoms with Crippen LogP contribution in [-0.2, 0) is 14.9 Å². The van der Waals surface area contributed by atoms with Crippen molar-refractivity contribution in [2.75, 3.05) is 6.61 Å². The number of esters is 1. The first-order chi connectivity index (χ1) is 9.53. The number of benzene rings is 1. The molecule has 4 nitrogen and oxygen atoms in total. The Balaban J connectivity index is 2.17. The summed E-state index contributed by atoms with van der Waals surface area (Å²) in [6.07, 6.45) is 2.17. The van der Waals surface area contributed by atoms with Gasteiger partial charge in [-0.2, -0.15) is 0 Å². The minimum absolute atomic E-state index is 0.198. The van der Waals surface area contributed by atoms with Crippen LogP contribution in [0.3, 0.4) is 0 Å². The molecule has 0 saturated carbocycles. The van der Waals surface area contributed by atoms with Gasteiger partial charge in [0.2, 0.25) is 0 Å². The summed E-state index contributed by atoms with van der Waals surface area (Å²) in [5.74, 6) is 0.599. The number of carbonyl (C=O) groups excluding carboxylic acids is 1. The molecule has 0 unspecified atom stereocenters. The summed E-state index contributed by atoms with van der Waals surface area (Å²) in [5.41, 5.74) is 1.50. The Morgan fingerprint density at radius 2 is 2.10 bits per heavy atom. The van der Waals surface area contributed by atoms with Gasteiger partial charge in [-0.05, 0) is 13.0 Å². The van der Waals surface area contributed by atoms with E-state index in [0.29, 0.717) is 13.0 Å². The maximum atomic E-state index is 11.6. The minimum atomic E-state index is -0.359. The molecule has 0 saturated heterocycles. The molecule has 0 spiro atoms. The average molecular weight is 271 g/mol. The zero-order valence-electron chi connectivity index (χ0n) is 12.1. The van der Waals surface area contributed by atoms with E-state index in [-0.39, 0.29) is 11.4 Å². The number of rotatable bonds is 5. The number of hydrogen-bond donors (Lipinski definition) is 1. The number of H-pyrrole nitrogens is 1. The highest BCUT2D eigenvalue weighted by Gasteiger charge is 2.27. The van der Waals surface area contributed by atoms with Crippen molar-refractivity contribution in [1.29, 1.82) is 0 Å². The summed E-state index contributed by atoms with van der Waals surface area (Å²) in [5, 5.41) is 0. The summed E-state index contributed by atoms with van der Waals surface area (Å²) in [7, 11) is 0. The van der Waals surface area contributed by atoms with E-state index in [2.05, 4.69) is 16.0 Å². The Bertz CT molecular complexity index is 573. The van der Waals surface area contributed by atoms with Crippen LogP contribution in [-0.4, -0.2) is 22.5 Å². The topological polar surface area (TPSA) is 55.0 Å². The molecule has 2 aromatic rings. The molecule has 0 bridgehead atoms. The second kappa shape index (κ2) is 5.90. The van der Waals surface area contributed by atoms with Gasteiger partial charge in [0.05, 0.1) is 18.7 Å². The fourth-order valence-electron chi connectivity index (χ4n) is 2.02. The fraction of sp³-hybridized carbons (Fsp3) is 0.375. The van der Waals surface area contributed by atoms with Crippen LogP contribution < -0.4 is 0 Å². The van der Waals surface area contributed by atoms with Gasteiger partial charge in [0.25, 0.3) is 0 Å². The maximum Gasteiger partial charge on any atom is 0.306 e. The predicted octanol–water partition coefficient (Wildman–Crippen LogP) is 3.11. The molecule has 0 aliphatic rings. The van der Waals surface area contributed by atoms with Crippen molar-refractivity contribution in [2.45, 2.75) is 32.6 Å². The zero-order valence-corrected chi connectivity index (χ0v) is 12.1. The molecule has 0 aliphatic heterocycles. The van der Waals surface area contributed by atoms with Gasteiger partial charge in [0.1, 0.15) is 5.82 Å². The first kappa shape index (κ1) is 14.3. The highest BCUT2D eigenvalue weighted by molar-refractivity contribution is 5.71. The second-order valence-corrected chi connectivity index (χ2v) is 5.29. The third-order valence-electron chi connectivity index (χ3n) is 3.15. The third-order valence-corrected chi connectivity index (χ3v) is 3.15. The van der Waals surface area contributed by atoms with E-state index in [1.165, 1.54) is 0 Å². The Hall–Kier alpha value is -2.10. The van der Waals surface area contributed by atoms with Gasteiger partial charge >= 0.3 is 5.97 Å². The molecule has 0 aliphatic carbocycles. The van der Waals surface area contributed by atoms with E-state index in [9.17, 15) is 4.79 Å². The molecule has 1 N–H and O–H groups in total. The molecule has 4 heteroatoms. The lowest BCUT2D eigenvalue weighted by molar-refractivity contribution is -0.144. The van der Waals surface area contributed by atoms with Crippen LogP contribution in [0.25, 0.3) is 11.4 Å². The lowest BCUT2D eigenvalue weighted by atomic mass is 9.86. The molecule has 1 aromatic heterocycles. The first-order valence-electron chi connectivity index (χ1n) is 6.71. The highest BCUT2D eigenvalue weighted by atomic mass is 16.5. The van der Waals surface area contributed by atoms with Crippen LogP contribution in [0.15, 0.2) is 30.5 Å². The summed E-state index contributed by atoms with van der Waals surface area (Å²) < 4.78 is 5.01. The smallest absolute Gasteiger partial charge is 0.306 e. The third kappa shape index (κ3) is 3.26. The largest absolute Gasteiger partial charge is 0.466 e. The predicted molar refractivity (Wildman–Crippen MR) is 77.1 cm³/mol. The quantitative estimate of drug-likeness (QED) is 0.850. The van der Waals surface area contributed by atoms with Crippen molar-refractivity contribution >= 4 is 5.97 Å². The Morgan fingerprint density at radius 1 is 1.40 bits per heavy atom. The summed E-state index contributed by atoms with van der Waals surface area (Å²) in [6, 6.07) is 10.6. The minimum Gasteiger partial charge on any atom is -0.466 e. The maximum absolute atomic E-state index is 11.6. The van der Waals surface area contributed by atoms with E-state index >= 15 is 0 Å². The number of hydrogen-bond acceptors (Lipinski definition) is 3. The molecule has 105 valence electrons. The van der Waals surface area contributed by atoms with E-state index in [0.717, 1.165) is 17.1 Å². The Labute approximate surface area is 119 Å². The van der Waals surface area contributed by atoms with Gasteiger partial charge in [-0.1, -0.05) is 38.1 Å². The normalized spacial score (nSPS) is 11.3. The summed E-state index contributed by atoms with van der Waals surface area (Å²) in [4.78, 5) is 19.4. The van der Waals surface area contributed by atoms with Gasteiger partial charge in [0, 0.05) is 17.2 Å². The molecular formula is C16H19N2O2. The lowest BCUT2D eigenvalue weighted by Gasteiger charge is -2.20. The molecule has 2 rings (SSSR count). The number of aromatic amines is 1. The molecule has 1 heterocycles. The van der Waals surface area contributed by atoms with Crippen molar-refractivity contribution in [2.24, 2.45) is 0 Å². The van der Waals surface area contributed by atoms with Crippen LogP contribution in [0.4, 0.5) is 0 Å². The molecule has 0 atom stereocenters. The number of nitrogens with one attached hydrogen (secondary N) is 1. The van der Waals surface area contributed by atoms with E-state index in [1.54, 1.807) is 0 Å². The standard InChI is InChI=1S/C16H19N2O2/c1-4-20-14(19)10-16(2,3)13-11-17-15(18-13)12-8-6-5-7-9-12/h6-9,11H,4,10H2,1-3H3,(H,17,18). The lowest BCUT2D eigenvalue weighted by Crippen LogP contribution is -2.23. The molecule has 1 radical (unpaired) electrons. The number of aromatic nitrogens is 2. The number of nitrogens with zero attached hydrogens (tertiary/aromatic N) is 1. The van der Waals surface area contributed by atoms with Crippen molar-refractivity contribution in [3.8, 4) is 11.4 Å². The Kier molecular flexibility index (Phi) is 4.23. The van der Waals surface area contributed by atoms with Gasteiger partial charge in [-0.15, -0.1) is 0 Å². The zero-order chi connectivity index (χ0) is 14.6. The Morgan fingerprint density at radius 3 is 2.75 bits per heavy atom. The van der Waals surface area contributed by atoms with Gasteiger partial charge in [-0.3, -0.25) is 4.79 Å².